The minimum absolute atomic E-state index is 0.0347. The molecule has 2 atom stereocenters. The highest BCUT2D eigenvalue weighted by Gasteiger charge is 2.30. The summed E-state index contributed by atoms with van der Waals surface area (Å²) < 4.78 is 7.37. The van der Waals surface area contributed by atoms with E-state index in [0.29, 0.717) is 13.0 Å². The van der Waals surface area contributed by atoms with Crippen molar-refractivity contribution in [3.05, 3.63) is 12.2 Å². The van der Waals surface area contributed by atoms with Gasteiger partial charge in [0.05, 0.1) is 12.5 Å². The van der Waals surface area contributed by atoms with E-state index in [0.717, 1.165) is 31.6 Å². The summed E-state index contributed by atoms with van der Waals surface area (Å²) >= 11 is 0. The molecule has 6 heteroatoms. The van der Waals surface area contributed by atoms with Crippen molar-refractivity contribution in [3.63, 3.8) is 0 Å². The summed E-state index contributed by atoms with van der Waals surface area (Å²) in [6, 6.07) is 0. The van der Waals surface area contributed by atoms with Gasteiger partial charge in [0.1, 0.15) is 18.3 Å². The minimum atomic E-state index is -0.315. The average Bonchev–Trinajstić information content (AvgIpc) is 2.99. The molecule has 0 spiro atoms. The topological polar surface area (TPSA) is 83.0 Å². The van der Waals surface area contributed by atoms with E-state index in [2.05, 4.69) is 17.0 Å². The number of nitrogens with two attached hydrogens (primary N) is 1. The number of hydrogen-bond acceptors (Lipinski definition) is 5. The third kappa shape index (κ3) is 2.94. The normalized spacial score (nSPS) is 23.4. The number of rotatable bonds is 6. The van der Waals surface area contributed by atoms with Crippen molar-refractivity contribution in [1.29, 1.82) is 0 Å². The fourth-order valence-electron chi connectivity index (χ4n) is 2.21. The van der Waals surface area contributed by atoms with Crippen molar-refractivity contribution in [1.82, 2.24) is 14.8 Å². The van der Waals surface area contributed by atoms with Gasteiger partial charge in [-0.05, 0) is 19.3 Å². The molecule has 2 rings (SSSR count). The number of carbonyl (C=O) groups excluding carboxylic acids is 1. The number of nitrogens with zero attached hydrogens (tertiary/aromatic N) is 3. The van der Waals surface area contributed by atoms with Gasteiger partial charge in [-0.3, -0.25) is 4.79 Å². The Balaban J connectivity index is 1.93. The molecule has 6 nitrogen and oxygen atoms in total. The summed E-state index contributed by atoms with van der Waals surface area (Å²) in [7, 11) is 0. The summed E-state index contributed by atoms with van der Waals surface area (Å²) in [5.41, 5.74) is 5.53. The molecule has 18 heavy (non-hydrogen) atoms. The lowest BCUT2D eigenvalue weighted by Gasteiger charge is -2.11. The van der Waals surface area contributed by atoms with E-state index in [1.807, 2.05) is 0 Å². The average molecular weight is 252 g/mol. The number of hydrogen-bond donors (Lipinski definition) is 1. The van der Waals surface area contributed by atoms with Crippen molar-refractivity contribution in [2.24, 2.45) is 5.73 Å². The maximum atomic E-state index is 12.1. The Bertz CT molecular complexity index is 405. The van der Waals surface area contributed by atoms with Crippen LogP contribution in [0.15, 0.2) is 6.33 Å². The second-order valence-corrected chi connectivity index (χ2v) is 4.60. The highest BCUT2D eigenvalue weighted by Crippen LogP contribution is 2.20. The third-order valence-electron chi connectivity index (χ3n) is 3.19. The fraction of sp³-hybridized carbons (Fsp3) is 0.750. The molecule has 1 aliphatic heterocycles. The molecule has 1 aromatic heterocycles. The number of ketones is 1. The van der Waals surface area contributed by atoms with Crippen molar-refractivity contribution < 1.29 is 9.53 Å². The zero-order valence-corrected chi connectivity index (χ0v) is 10.7. The molecule has 0 saturated carbocycles. The number of aromatic nitrogens is 3. The molecule has 2 heterocycles. The van der Waals surface area contributed by atoms with Crippen LogP contribution in [-0.2, 0) is 22.5 Å². The van der Waals surface area contributed by atoms with Crippen LogP contribution in [0.4, 0.5) is 0 Å². The Morgan fingerprint density at radius 2 is 2.44 bits per heavy atom. The van der Waals surface area contributed by atoms with Crippen molar-refractivity contribution in [3.8, 4) is 0 Å². The molecule has 0 radical (unpaired) electrons. The van der Waals surface area contributed by atoms with Gasteiger partial charge in [0.15, 0.2) is 5.78 Å². The van der Waals surface area contributed by atoms with Gasteiger partial charge in [-0.25, -0.2) is 9.67 Å². The first-order chi connectivity index (χ1) is 8.74. The third-order valence-corrected chi connectivity index (χ3v) is 3.19. The number of ether oxygens (including phenoxy) is 1. The van der Waals surface area contributed by atoms with Gasteiger partial charge in [0.2, 0.25) is 0 Å². The van der Waals surface area contributed by atoms with Crippen LogP contribution in [0.5, 0.6) is 0 Å². The number of aryl methyl sites for hydroxylation is 1. The number of Topliss-reactive ketones (excluding diaryl/α,β-unsaturated/α-hetero) is 1. The minimum Gasteiger partial charge on any atom is -0.366 e. The smallest absolute Gasteiger partial charge is 0.169 e. The molecule has 1 aliphatic rings. The first-order valence-electron chi connectivity index (χ1n) is 6.49. The monoisotopic (exact) mass is 252 g/mol. The van der Waals surface area contributed by atoms with Gasteiger partial charge < -0.3 is 10.5 Å². The molecule has 1 aromatic rings. The Kier molecular flexibility index (Phi) is 4.43. The summed E-state index contributed by atoms with van der Waals surface area (Å²) in [4.78, 5) is 16.2. The lowest BCUT2D eigenvalue weighted by Crippen LogP contribution is -2.27. The predicted octanol–water partition coefficient (Wildman–Crippen LogP) is 0.306. The van der Waals surface area contributed by atoms with E-state index < -0.39 is 0 Å². The maximum Gasteiger partial charge on any atom is 0.169 e. The maximum absolute atomic E-state index is 12.1. The van der Waals surface area contributed by atoms with Crippen molar-refractivity contribution in [2.45, 2.75) is 51.4 Å². The lowest BCUT2D eigenvalue weighted by molar-refractivity contribution is -0.129. The molecule has 2 unspecified atom stereocenters. The van der Waals surface area contributed by atoms with E-state index in [1.165, 1.54) is 6.33 Å². The molecule has 1 fully saturated rings. The quantitative estimate of drug-likeness (QED) is 0.787. The molecule has 0 bridgehead atoms. The Hall–Kier alpha value is -1.27. The van der Waals surface area contributed by atoms with Crippen LogP contribution in [0.3, 0.4) is 0 Å². The predicted molar refractivity (Wildman–Crippen MR) is 66.0 cm³/mol. The van der Waals surface area contributed by atoms with Crippen LogP contribution < -0.4 is 5.73 Å². The second kappa shape index (κ2) is 6.06. The summed E-state index contributed by atoms with van der Waals surface area (Å²) in [6.45, 7) is 3.34. The van der Waals surface area contributed by atoms with Gasteiger partial charge in [0.25, 0.3) is 0 Å². The van der Waals surface area contributed by atoms with Gasteiger partial charge in [-0.1, -0.05) is 6.92 Å². The highest BCUT2D eigenvalue weighted by atomic mass is 16.5. The summed E-state index contributed by atoms with van der Waals surface area (Å²) in [5.74, 6) is 0.804. The van der Waals surface area contributed by atoms with Crippen molar-refractivity contribution >= 4 is 5.78 Å². The lowest BCUT2D eigenvalue weighted by atomic mass is 10.1. The molecule has 100 valence electrons. The van der Waals surface area contributed by atoms with E-state index >= 15 is 0 Å². The summed E-state index contributed by atoms with van der Waals surface area (Å²) in [6.07, 6.45) is 4.12. The molecular weight excluding hydrogens is 232 g/mol. The molecule has 1 saturated heterocycles. The first kappa shape index (κ1) is 13.2. The largest absolute Gasteiger partial charge is 0.366 e. The van der Waals surface area contributed by atoms with E-state index in [9.17, 15) is 4.79 Å². The van der Waals surface area contributed by atoms with Crippen LogP contribution in [0, 0.1) is 0 Å². The molecule has 0 amide bonds. The fourth-order valence-corrected chi connectivity index (χ4v) is 2.21. The summed E-state index contributed by atoms with van der Waals surface area (Å²) in [5, 5.41) is 4.11. The van der Waals surface area contributed by atoms with Crippen LogP contribution >= 0.6 is 0 Å². The van der Waals surface area contributed by atoms with Crippen molar-refractivity contribution in [2.75, 3.05) is 6.54 Å². The second-order valence-electron chi connectivity index (χ2n) is 4.60. The first-order valence-corrected chi connectivity index (χ1v) is 6.49. The zero-order valence-electron chi connectivity index (χ0n) is 10.7. The van der Waals surface area contributed by atoms with Gasteiger partial charge in [-0.2, -0.15) is 5.10 Å². The molecule has 0 aliphatic carbocycles. The van der Waals surface area contributed by atoms with Gasteiger partial charge in [0, 0.05) is 13.1 Å². The van der Waals surface area contributed by atoms with Crippen LogP contribution in [-0.4, -0.2) is 39.3 Å². The van der Waals surface area contributed by atoms with Crippen LogP contribution in [0.25, 0.3) is 0 Å². The molecular formula is C12H20N4O2. The van der Waals surface area contributed by atoms with E-state index in [-0.39, 0.29) is 18.0 Å². The van der Waals surface area contributed by atoms with Gasteiger partial charge >= 0.3 is 0 Å². The molecule has 0 aromatic carbocycles. The highest BCUT2D eigenvalue weighted by molar-refractivity contribution is 5.84. The van der Waals surface area contributed by atoms with Gasteiger partial charge in [-0.15, -0.1) is 0 Å². The molecule has 2 N–H and O–H groups in total. The SMILES string of the molecule is CCCn1ncnc1CC(=O)C1CCC(CN)O1. The van der Waals surface area contributed by atoms with Crippen LogP contribution in [0.2, 0.25) is 0 Å². The number of carbonyl (C=O) groups is 1. The zero-order chi connectivity index (χ0) is 13.0. The standard InChI is InChI=1S/C12H20N4O2/c1-2-5-16-12(14-8-15-16)6-10(17)11-4-3-9(7-13)18-11/h8-9,11H,2-7,13H2,1H3. The van der Waals surface area contributed by atoms with E-state index in [4.69, 9.17) is 10.5 Å². The van der Waals surface area contributed by atoms with Crippen LogP contribution in [0.1, 0.15) is 32.0 Å². The Morgan fingerprint density at radius 1 is 1.61 bits per heavy atom. The Morgan fingerprint density at radius 3 is 3.11 bits per heavy atom. The van der Waals surface area contributed by atoms with E-state index in [1.54, 1.807) is 4.68 Å². The Labute approximate surface area is 107 Å².